The fourth-order valence-electron chi connectivity index (χ4n) is 3.52. The Labute approximate surface area is 160 Å². The third-order valence-electron chi connectivity index (χ3n) is 5.00. The Hall–Kier alpha value is -2.74. The van der Waals surface area contributed by atoms with Crippen LogP contribution in [0.3, 0.4) is 0 Å². The average Bonchev–Trinajstić information content (AvgIpc) is 3.30. The molecular formula is C19H19N7S. The SMILES string of the molecule is Cc1cc2nccnc2cc1Nc1ncc2c(n1)c(C1CCSC1)nn2C. The van der Waals surface area contributed by atoms with Crippen molar-refractivity contribution in [1.29, 1.82) is 0 Å². The van der Waals surface area contributed by atoms with Crippen molar-refractivity contribution in [1.82, 2.24) is 29.7 Å². The fraction of sp³-hybridized carbons (Fsp3) is 0.316. The van der Waals surface area contributed by atoms with Gasteiger partial charge in [0.05, 0.1) is 22.9 Å². The molecule has 1 saturated heterocycles. The number of thioether (sulfide) groups is 1. The van der Waals surface area contributed by atoms with Gasteiger partial charge in [0.2, 0.25) is 5.95 Å². The quantitative estimate of drug-likeness (QED) is 0.584. The molecule has 136 valence electrons. The number of hydrogen-bond acceptors (Lipinski definition) is 7. The molecule has 0 aliphatic carbocycles. The Morgan fingerprint density at radius 3 is 2.74 bits per heavy atom. The zero-order valence-corrected chi connectivity index (χ0v) is 16.0. The van der Waals surface area contributed by atoms with E-state index >= 15 is 0 Å². The summed E-state index contributed by atoms with van der Waals surface area (Å²) in [6, 6.07) is 4.01. The van der Waals surface area contributed by atoms with E-state index in [1.165, 1.54) is 5.75 Å². The number of benzene rings is 1. The van der Waals surface area contributed by atoms with Gasteiger partial charge in [0, 0.05) is 36.8 Å². The predicted octanol–water partition coefficient (Wildman–Crippen LogP) is 3.58. The highest BCUT2D eigenvalue weighted by Gasteiger charge is 2.24. The first-order valence-electron chi connectivity index (χ1n) is 8.95. The highest BCUT2D eigenvalue weighted by Crippen LogP contribution is 2.35. The molecule has 1 atom stereocenters. The normalized spacial score (nSPS) is 17.0. The molecule has 4 heterocycles. The topological polar surface area (TPSA) is 81.4 Å². The van der Waals surface area contributed by atoms with Crippen LogP contribution in [0.2, 0.25) is 0 Å². The van der Waals surface area contributed by atoms with Gasteiger partial charge in [-0.2, -0.15) is 16.9 Å². The van der Waals surface area contributed by atoms with Crippen molar-refractivity contribution < 1.29 is 0 Å². The van der Waals surface area contributed by atoms with E-state index in [-0.39, 0.29) is 0 Å². The van der Waals surface area contributed by atoms with Gasteiger partial charge >= 0.3 is 0 Å². The molecule has 0 radical (unpaired) electrons. The molecule has 8 heteroatoms. The molecular weight excluding hydrogens is 358 g/mol. The number of fused-ring (bicyclic) bond motifs is 2. The fourth-order valence-corrected chi connectivity index (χ4v) is 4.75. The monoisotopic (exact) mass is 377 g/mol. The lowest BCUT2D eigenvalue weighted by atomic mass is 10.0. The second-order valence-corrected chi connectivity index (χ2v) is 7.98. The van der Waals surface area contributed by atoms with E-state index < -0.39 is 0 Å². The van der Waals surface area contributed by atoms with Crippen molar-refractivity contribution in [2.75, 3.05) is 16.8 Å². The van der Waals surface area contributed by atoms with Gasteiger partial charge in [-0.3, -0.25) is 14.6 Å². The van der Waals surface area contributed by atoms with Crippen molar-refractivity contribution in [2.45, 2.75) is 19.3 Å². The summed E-state index contributed by atoms with van der Waals surface area (Å²) in [5.41, 5.74) is 6.73. The molecule has 1 aromatic carbocycles. The molecule has 4 aromatic rings. The zero-order valence-electron chi connectivity index (χ0n) is 15.2. The molecule has 0 bridgehead atoms. The second-order valence-electron chi connectivity index (χ2n) is 6.83. The molecule has 1 aliphatic heterocycles. The van der Waals surface area contributed by atoms with Crippen LogP contribution in [0.5, 0.6) is 0 Å². The van der Waals surface area contributed by atoms with Crippen LogP contribution >= 0.6 is 11.8 Å². The Kier molecular flexibility index (Phi) is 3.93. The molecule has 0 saturated carbocycles. The number of nitrogens with one attached hydrogen (secondary N) is 1. The van der Waals surface area contributed by atoms with Gasteiger partial charge in [0.1, 0.15) is 11.0 Å². The molecule has 3 aromatic heterocycles. The van der Waals surface area contributed by atoms with Gasteiger partial charge in [-0.15, -0.1) is 0 Å². The first kappa shape index (κ1) is 16.4. The van der Waals surface area contributed by atoms with E-state index in [9.17, 15) is 0 Å². The van der Waals surface area contributed by atoms with Crippen LogP contribution in [0.25, 0.3) is 22.1 Å². The Morgan fingerprint density at radius 2 is 1.96 bits per heavy atom. The summed E-state index contributed by atoms with van der Waals surface area (Å²) in [5, 5.41) is 8.08. The minimum Gasteiger partial charge on any atom is -0.324 e. The largest absolute Gasteiger partial charge is 0.324 e. The van der Waals surface area contributed by atoms with Gasteiger partial charge in [0.25, 0.3) is 0 Å². The standard InChI is InChI=1S/C19H19N7S/c1-11-7-14-15(21-5-4-20-14)8-13(11)23-19-22-9-16-18(24-19)17(25-26(16)2)12-3-6-27-10-12/h4-5,7-9,12H,3,6,10H2,1-2H3,(H,22,23,24). The lowest BCUT2D eigenvalue weighted by molar-refractivity contribution is 0.699. The third kappa shape index (κ3) is 2.90. The smallest absolute Gasteiger partial charge is 0.227 e. The lowest BCUT2D eigenvalue weighted by Crippen LogP contribution is -2.02. The molecule has 1 N–H and O–H groups in total. The summed E-state index contributed by atoms with van der Waals surface area (Å²) in [6.45, 7) is 2.04. The van der Waals surface area contributed by atoms with Gasteiger partial charge < -0.3 is 5.32 Å². The first-order chi connectivity index (χ1) is 13.2. The van der Waals surface area contributed by atoms with E-state index in [2.05, 4.69) is 20.3 Å². The molecule has 7 nitrogen and oxygen atoms in total. The summed E-state index contributed by atoms with van der Waals surface area (Å²) in [6.07, 6.45) is 6.41. The Bertz CT molecular complexity index is 1150. The number of aromatic nitrogens is 6. The van der Waals surface area contributed by atoms with E-state index in [1.807, 2.05) is 48.7 Å². The summed E-state index contributed by atoms with van der Waals surface area (Å²) >= 11 is 1.98. The van der Waals surface area contributed by atoms with E-state index in [1.54, 1.807) is 12.4 Å². The Morgan fingerprint density at radius 1 is 1.15 bits per heavy atom. The van der Waals surface area contributed by atoms with Gasteiger partial charge in [-0.05, 0) is 36.8 Å². The zero-order chi connectivity index (χ0) is 18.4. The summed E-state index contributed by atoms with van der Waals surface area (Å²) in [7, 11) is 1.95. The minimum absolute atomic E-state index is 0.471. The molecule has 5 rings (SSSR count). The minimum atomic E-state index is 0.471. The third-order valence-corrected chi connectivity index (χ3v) is 6.16. The van der Waals surface area contributed by atoms with Crippen molar-refractivity contribution in [3.8, 4) is 0 Å². The number of rotatable bonds is 3. The van der Waals surface area contributed by atoms with Crippen molar-refractivity contribution in [3.63, 3.8) is 0 Å². The first-order valence-corrected chi connectivity index (χ1v) is 10.1. The highest BCUT2D eigenvalue weighted by molar-refractivity contribution is 7.99. The molecule has 0 spiro atoms. The van der Waals surface area contributed by atoms with Crippen LogP contribution in [0.15, 0.2) is 30.7 Å². The van der Waals surface area contributed by atoms with E-state index in [4.69, 9.17) is 10.1 Å². The van der Waals surface area contributed by atoms with Crippen molar-refractivity contribution in [3.05, 3.63) is 42.0 Å². The van der Waals surface area contributed by atoms with E-state index in [0.29, 0.717) is 11.9 Å². The molecule has 27 heavy (non-hydrogen) atoms. The number of aryl methyl sites for hydroxylation is 2. The van der Waals surface area contributed by atoms with Gasteiger partial charge in [-0.1, -0.05) is 0 Å². The number of anilines is 2. The highest BCUT2D eigenvalue weighted by atomic mass is 32.2. The maximum atomic E-state index is 4.81. The number of hydrogen-bond donors (Lipinski definition) is 1. The van der Waals surface area contributed by atoms with Crippen molar-refractivity contribution in [2.24, 2.45) is 7.05 Å². The Balaban J connectivity index is 1.55. The summed E-state index contributed by atoms with van der Waals surface area (Å²) in [4.78, 5) is 18.0. The maximum Gasteiger partial charge on any atom is 0.227 e. The molecule has 1 aliphatic rings. The lowest BCUT2D eigenvalue weighted by Gasteiger charge is -2.10. The van der Waals surface area contributed by atoms with Crippen LogP contribution in [-0.2, 0) is 7.05 Å². The molecule has 1 unspecified atom stereocenters. The summed E-state index contributed by atoms with van der Waals surface area (Å²) < 4.78 is 1.88. The average molecular weight is 377 g/mol. The van der Waals surface area contributed by atoms with Crippen LogP contribution in [0, 0.1) is 6.92 Å². The molecule has 0 amide bonds. The molecule has 1 fully saturated rings. The second kappa shape index (κ2) is 6.45. The van der Waals surface area contributed by atoms with Crippen LogP contribution in [-0.4, -0.2) is 41.2 Å². The van der Waals surface area contributed by atoms with Gasteiger partial charge in [-0.25, -0.2) is 9.97 Å². The van der Waals surface area contributed by atoms with Crippen LogP contribution in [0.1, 0.15) is 23.6 Å². The van der Waals surface area contributed by atoms with Crippen LogP contribution < -0.4 is 5.32 Å². The van der Waals surface area contributed by atoms with Crippen LogP contribution in [0.4, 0.5) is 11.6 Å². The number of nitrogens with zero attached hydrogens (tertiary/aromatic N) is 6. The predicted molar refractivity (Wildman–Crippen MR) is 109 cm³/mol. The van der Waals surface area contributed by atoms with E-state index in [0.717, 1.165) is 51.2 Å². The summed E-state index contributed by atoms with van der Waals surface area (Å²) in [5.74, 6) is 3.35. The maximum absolute atomic E-state index is 4.81. The van der Waals surface area contributed by atoms with Crippen molar-refractivity contribution >= 4 is 45.5 Å². The van der Waals surface area contributed by atoms with Gasteiger partial charge in [0.15, 0.2) is 0 Å².